The van der Waals surface area contributed by atoms with Gasteiger partial charge in [0.2, 0.25) is 0 Å². The molecule has 3 nitrogen and oxygen atoms in total. The van der Waals surface area contributed by atoms with Crippen LogP contribution in [0.15, 0.2) is 0 Å². The number of nitrogens with one attached hydrogen (secondary N) is 1. The van der Waals surface area contributed by atoms with Crippen LogP contribution < -0.4 is 16.8 Å². The molecule has 0 aromatic carbocycles. The molecule has 0 aliphatic carbocycles. The van der Waals surface area contributed by atoms with Crippen molar-refractivity contribution in [2.24, 2.45) is 11.5 Å². The molecule has 0 saturated carbocycles. The number of hydrogen-bond donors (Lipinski definition) is 3. The molecule has 1 radical (unpaired) electrons. The topological polar surface area (TPSA) is 64.1 Å². The molecule has 5 N–H and O–H groups in total. The van der Waals surface area contributed by atoms with Crippen LogP contribution in [0.2, 0.25) is 0 Å². The van der Waals surface area contributed by atoms with Gasteiger partial charge >= 0.3 is 0 Å². The van der Waals surface area contributed by atoms with Crippen molar-refractivity contribution >= 4 is 0 Å². The second kappa shape index (κ2) is 10.5. The van der Waals surface area contributed by atoms with Gasteiger partial charge in [0.25, 0.3) is 0 Å². The van der Waals surface area contributed by atoms with Gasteiger partial charge in [-0.2, -0.15) is 0 Å². The largest absolute Gasteiger partial charge is 0.329 e. The van der Waals surface area contributed by atoms with E-state index in [9.17, 15) is 0 Å². The van der Waals surface area contributed by atoms with Crippen molar-refractivity contribution in [3.63, 3.8) is 0 Å². The summed E-state index contributed by atoms with van der Waals surface area (Å²) in [5.41, 5.74) is 10.3. The minimum absolute atomic E-state index is 0. The molecular weight excluding hydrogens is 193 g/mol. The zero-order chi connectivity index (χ0) is 5.54. The van der Waals surface area contributed by atoms with Gasteiger partial charge in [-0.1, -0.05) is 0 Å². The van der Waals surface area contributed by atoms with E-state index in [4.69, 9.17) is 11.5 Å². The summed E-state index contributed by atoms with van der Waals surface area (Å²) < 4.78 is 0. The molecule has 0 rings (SSSR count). The molecule has 0 aromatic rings. The smallest absolute Gasteiger partial charge is 0.00750 e. The molecule has 0 amide bonds. The molecule has 0 aliphatic rings. The summed E-state index contributed by atoms with van der Waals surface area (Å²) in [5, 5.41) is 3.03. The molecule has 0 saturated heterocycles. The van der Waals surface area contributed by atoms with E-state index >= 15 is 0 Å². The van der Waals surface area contributed by atoms with E-state index in [-0.39, 0.29) is 19.5 Å². The van der Waals surface area contributed by atoms with Crippen LogP contribution >= 0.6 is 0 Å². The summed E-state index contributed by atoms with van der Waals surface area (Å²) in [5.74, 6) is 0. The third kappa shape index (κ3) is 9.71. The molecule has 0 bridgehead atoms. The predicted molar refractivity (Wildman–Crippen MR) is 31.0 cm³/mol. The Morgan fingerprint density at radius 1 is 1.00 bits per heavy atom. The maximum atomic E-state index is 5.17. The minimum Gasteiger partial charge on any atom is -0.329 e. The first-order valence-corrected chi connectivity index (χ1v) is 2.52. The zero-order valence-electron chi connectivity index (χ0n) is 4.82. The summed E-state index contributed by atoms with van der Waals surface area (Å²) in [6, 6.07) is 0. The molecule has 4 heteroatoms. The van der Waals surface area contributed by atoms with Crippen LogP contribution in [0.5, 0.6) is 0 Å². The normalized spacial score (nSPS) is 8.25. The Bertz CT molecular complexity index is 30.5. The fraction of sp³-hybridized carbons (Fsp3) is 1.00. The monoisotopic (exact) mass is 206 g/mol. The van der Waals surface area contributed by atoms with Crippen LogP contribution in [0.25, 0.3) is 0 Å². The van der Waals surface area contributed by atoms with Crippen molar-refractivity contribution < 1.29 is 19.5 Å². The average molecular weight is 206 g/mol. The van der Waals surface area contributed by atoms with Crippen molar-refractivity contribution in [2.45, 2.75) is 0 Å². The summed E-state index contributed by atoms with van der Waals surface area (Å²) in [7, 11) is 0. The van der Waals surface area contributed by atoms with Gasteiger partial charge in [0.15, 0.2) is 0 Å². The summed E-state index contributed by atoms with van der Waals surface area (Å²) in [6.07, 6.45) is 0. The number of nitrogens with two attached hydrogens (primary N) is 2. The quantitative estimate of drug-likeness (QED) is 0.387. The van der Waals surface area contributed by atoms with Crippen LogP contribution in [0.4, 0.5) is 0 Å². The Morgan fingerprint density at radius 2 is 1.38 bits per heavy atom. The molecular formula is C4H13N3Rh. The molecule has 0 fully saturated rings. The van der Waals surface area contributed by atoms with Gasteiger partial charge in [0.05, 0.1) is 0 Å². The third-order valence-corrected chi connectivity index (χ3v) is 0.642. The van der Waals surface area contributed by atoms with Gasteiger partial charge in [-0.15, -0.1) is 0 Å². The molecule has 0 aliphatic heterocycles. The molecule has 0 aromatic heterocycles. The van der Waals surface area contributed by atoms with E-state index in [0.29, 0.717) is 13.1 Å². The van der Waals surface area contributed by atoms with Crippen LogP contribution in [0, 0.1) is 0 Å². The van der Waals surface area contributed by atoms with E-state index in [1.165, 1.54) is 0 Å². The molecule has 0 unspecified atom stereocenters. The Labute approximate surface area is 62.9 Å². The summed E-state index contributed by atoms with van der Waals surface area (Å²) in [6.45, 7) is 3.13. The first-order valence-electron chi connectivity index (χ1n) is 2.52. The summed E-state index contributed by atoms with van der Waals surface area (Å²) >= 11 is 0. The van der Waals surface area contributed by atoms with Crippen LogP contribution in [0.1, 0.15) is 0 Å². The second-order valence-corrected chi connectivity index (χ2v) is 1.33. The predicted octanol–water partition coefficient (Wildman–Crippen LogP) is -1.51. The van der Waals surface area contributed by atoms with Crippen molar-refractivity contribution in [2.75, 3.05) is 26.2 Å². The zero-order valence-corrected chi connectivity index (χ0v) is 6.46. The molecule has 8 heavy (non-hydrogen) atoms. The molecule has 0 atom stereocenters. The fourth-order valence-corrected chi connectivity index (χ4v) is 0.329. The number of rotatable bonds is 4. The van der Waals surface area contributed by atoms with E-state index in [0.717, 1.165) is 13.1 Å². The van der Waals surface area contributed by atoms with Crippen molar-refractivity contribution in [1.29, 1.82) is 0 Å². The van der Waals surface area contributed by atoms with Gasteiger partial charge in [-0.25, -0.2) is 0 Å². The molecule has 53 valence electrons. The second-order valence-electron chi connectivity index (χ2n) is 1.33. The maximum Gasteiger partial charge on any atom is 0.00750 e. The minimum atomic E-state index is 0. The van der Waals surface area contributed by atoms with E-state index in [1.54, 1.807) is 0 Å². The van der Waals surface area contributed by atoms with Gasteiger partial charge in [0.1, 0.15) is 0 Å². The van der Waals surface area contributed by atoms with Crippen LogP contribution in [0.3, 0.4) is 0 Å². The van der Waals surface area contributed by atoms with E-state index < -0.39 is 0 Å². The van der Waals surface area contributed by atoms with Crippen LogP contribution in [-0.4, -0.2) is 26.2 Å². The van der Waals surface area contributed by atoms with E-state index in [1.807, 2.05) is 0 Å². The Kier molecular flexibility index (Phi) is 14.8. The Balaban J connectivity index is 0. The first kappa shape index (κ1) is 11.3. The van der Waals surface area contributed by atoms with Crippen molar-refractivity contribution in [3.05, 3.63) is 0 Å². The first-order chi connectivity index (χ1) is 3.41. The Hall–Kier alpha value is 0.503. The van der Waals surface area contributed by atoms with Gasteiger partial charge < -0.3 is 16.8 Å². The maximum absolute atomic E-state index is 5.17. The van der Waals surface area contributed by atoms with Gasteiger partial charge in [0, 0.05) is 45.7 Å². The van der Waals surface area contributed by atoms with Gasteiger partial charge in [-0.3, -0.25) is 0 Å². The Morgan fingerprint density at radius 3 is 1.62 bits per heavy atom. The van der Waals surface area contributed by atoms with E-state index in [2.05, 4.69) is 5.32 Å². The third-order valence-electron chi connectivity index (χ3n) is 0.642. The average Bonchev–Trinajstić information content (AvgIpc) is 1.69. The SMILES string of the molecule is NCCNCCN.[Rh]. The molecule has 0 heterocycles. The standard InChI is InChI=1S/C4H13N3.Rh/c5-1-3-7-4-2-6;/h7H,1-6H2;. The fourth-order valence-electron chi connectivity index (χ4n) is 0.329. The van der Waals surface area contributed by atoms with Gasteiger partial charge in [-0.05, 0) is 0 Å². The number of hydrogen-bond acceptors (Lipinski definition) is 3. The molecule has 0 spiro atoms. The van der Waals surface area contributed by atoms with Crippen molar-refractivity contribution in [1.82, 2.24) is 5.32 Å². The van der Waals surface area contributed by atoms with Crippen LogP contribution in [-0.2, 0) is 19.5 Å². The van der Waals surface area contributed by atoms with Crippen molar-refractivity contribution in [3.8, 4) is 0 Å². The summed E-state index contributed by atoms with van der Waals surface area (Å²) in [4.78, 5) is 0.